The molecule has 2 heteroatoms. The van der Waals surface area contributed by atoms with Crippen LogP contribution >= 0.6 is 22.7 Å². The Kier molecular flexibility index (Phi) is 6.17. The molecule has 0 N–H and O–H groups in total. The molecular formula is C28H26S2. The predicted molar refractivity (Wildman–Crippen MR) is 137 cm³/mol. The third kappa shape index (κ3) is 4.89. The zero-order chi connectivity index (χ0) is 21.1. The smallest absolute Gasteiger partial charge is 0.0273 e. The van der Waals surface area contributed by atoms with Gasteiger partial charge in [-0.25, -0.2) is 0 Å². The van der Waals surface area contributed by atoms with E-state index in [1.54, 1.807) is 0 Å². The van der Waals surface area contributed by atoms with Gasteiger partial charge in [0.05, 0.1) is 0 Å². The van der Waals surface area contributed by atoms with Crippen molar-refractivity contribution in [3.8, 4) is 11.1 Å². The monoisotopic (exact) mass is 426 g/mol. The first kappa shape index (κ1) is 20.6. The Bertz CT molecular complexity index is 1230. The van der Waals surface area contributed by atoms with Crippen molar-refractivity contribution in [2.24, 2.45) is 0 Å². The highest BCUT2D eigenvalue weighted by Crippen LogP contribution is 2.31. The van der Waals surface area contributed by atoms with Gasteiger partial charge in [0.25, 0.3) is 0 Å². The van der Waals surface area contributed by atoms with Gasteiger partial charge in [-0.05, 0) is 98.0 Å². The maximum atomic E-state index is 2.32. The van der Waals surface area contributed by atoms with Crippen LogP contribution in [0.25, 0.3) is 35.4 Å². The summed E-state index contributed by atoms with van der Waals surface area (Å²) in [6, 6.07) is 22.2. The van der Waals surface area contributed by atoms with Crippen molar-refractivity contribution in [1.82, 2.24) is 0 Å². The van der Waals surface area contributed by atoms with Crippen molar-refractivity contribution >= 4 is 47.0 Å². The highest BCUT2D eigenvalue weighted by atomic mass is 32.1. The standard InChI is InChI=1S/C28H26S2/c1-19-5-6-20(2)27(17-19)28-18-23(10-15-25-13-7-21(3)29-25)9-11-24(28)12-16-26-14-8-22(4)30-26/h5-18H,1-4H3. The molecule has 2 heterocycles. The summed E-state index contributed by atoms with van der Waals surface area (Å²) in [6.45, 7) is 8.66. The van der Waals surface area contributed by atoms with Crippen LogP contribution in [0.2, 0.25) is 0 Å². The van der Waals surface area contributed by atoms with Gasteiger partial charge in [-0.3, -0.25) is 0 Å². The lowest BCUT2D eigenvalue weighted by Crippen LogP contribution is -1.89. The van der Waals surface area contributed by atoms with E-state index >= 15 is 0 Å². The highest BCUT2D eigenvalue weighted by molar-refractivity contribution is 7.13. The van der Waals surface area contributed by atoms with Crippen LogP contribution in [0.5, 0.6) is 0 Å². The van der Waals surface area contributed by atoms with Crippen LogP contribution in [-0.2, 0) is 0 Å². The SMILES string of the molecule is Cc1ccc(C)c(-c2cc(C=Cc3ccc(C)s3)ccc2C=Cc2ccc(C)s2)c1. The van der Waals surface area contributed by atoms with E-state index in [4.69, 9.17) is 0 Å². The van der Waals surface area contributed by atoms with Gasteiger partial charge in [0, 0.05) is 19.5 Å². The summed E-state index contributed by atoms with van der Waals surface area (Å²) in [7, 11) is 0. The number of rotatable bonds is 5. The van der Waals surface area contributed by atoms with Gasteiger partial charge in [-0.2, -0.15) is 0 Å². The van der Waals surface area contributed by atoms with Gasteiger partial charge >= 0.3 is 0 Å². The molecule has 30 heavy (non-hydrogen) atoms. The predicted octanol–water partition coefficient (Wildman–Crippen LogP) is 9.05. The van der Waals surface area contributed by atoms with E-state index in [9.17, 15) is 0 Å². The Balaban J connectivity index is 1.76. The fourth-order valence-electron chi connectivity index (χ4n) is 3.52. The molecule has 0 saturated carbocycles. The molecule has 0 aliphatic heterocycles. The average molecular weight is 427 g/mol. The fraction of sp³-hybridized carbons (Fsp3) is 0.143. The van der Waals surface area contributed by atoms with E-state index in [-0.39, 0.29) is 0 Å². The summed E-state index contributed by atoms with van der Waals surface area (Å²) in [6.07, 6.45) is 8.91. The fourth-order valence-corrected chi connectivity index (χ4v) is 5.08. The molecule has 0 unspecified atom stereocenters. The summed E-state index contributed by atoms with van der Waals surface area (Å²) in [5, 5.41) is 0. The van der Waals surface area contributed by atoms with Gasteiger partial charge in [0.1, 0.15) is 0 Å². The molecule has 0 saturated heterocycles. The van der Waals surface area contributed by atoms with E-state index in [1.807, 2.05) is 22.7 Å². The number of thiophene rings is 2. The minimum atomic E-state index is 1.22. The van der Waals surface area contributed by atoms with E-state index in [1.165, 1.54) is 52.9 Å². The minimum absolute atomic E-state index is 1.22. The van der Waals surface area contributed by atoms with Crippen LogP contribution < -0.4 is 0 Å². The van der Waals surface area contributed by atoms with Crippen molar-refractivity contribution in [1.29, 1.82) is 0 Å². The lowest BCUT2D eigenvalue weighted by Gasteiger charge is -2.12. The van der Waals surface area contributed by atoms with Crippen LogP contribution in [0.3, 0.4) is 0 Å². The summed E-state index contributed by atoms with van der Waals surface area (Å²) in [5.41, 5.74) is 7.65. The van der Waals surface area contributed by atoms with Gasteiger partial charge < -0.3 is 0 Å². The largest absolute Gasteiger partial charge is 0.141 e. The summed E-state index contributed by atoms with van der Waals surface area (Å²) in [4.78, 5) is 5.26. The molecule has 0 aliphatic carbocycles. The molecule has 0 radical (unpaired) electrons. The normalized spacial score (nSPS) is 11.7. The third-order valence-corrected chi connectivity index (χ3v) is 7.08. The molecule has 0 nitrogen and oxygen atoms in total. The Morgan fingerprint density at radius 1 is 0.567 bits per heavy atom. The second kappa shape index (κ2) is 8.99. The molecule has 2 aromatic heterocycles. The molecule has 4 aromatic rings. The van der Waals surface area contributed by atoms with Crippen molar-refractivity contribution in [3.05, 3.63) is 102 Å². The highest BCUT2D eigenvalue weighted by Gasteiger charge is 2.08. The van der Waals surface area contributed by atoms with Crippen molar-refractivity contribution in [3.63, 3.8) is 0 Å². The summed E-state index contributed by atoms with van der Waals surface area (Å²) < 4.78 is 0. The van der Waals surface area contributed by atoms with E-state index in [0.29, 0.717) is 0 Å². The Morgan fingerprint density at radius 3 is 1.87 bits per heavy atom. The lowest BCUT2D eigenvalue weighted by atomic mass is 9.92. The maximum Gasteiger partial charge on any atom is 0.0273 e. The molecule has 0 aliphatic rings. The summed E-state index contributed by atoms with van der Waals surface area (Å²) in [5.74, 6) is 0. The van der Waals surface area contributed by atoms with Crippen molar-refractivity contribution in [2.45, 2.75) is 27.7 Å². The molecule has 2 aromatic carbocycles. The van der Waals surface area contributed by atoms with Crippen LogP contribution in [0.1, 0.15) is 41.8 Å². The number of benzene rings is 2. The molecule has 0 atom stereocenters. The van der Waals surface area contributed by atoms with E-state index in [0.717, 1.165) is 0 Å². The Labute approximate surface area is 187 Å². The quantitative estimate of drug-likeness (QED) is 0.298. The Hall–Kier alpha value is -2.68. The summed E-state index contributed by atoms with van der Waals surface area (Å²) >= 11 is 3.65. The minimum Gasteiger partial charge on any atom is -0.141 e. The van der Waals surface area contributed by atoms with Crippen LogP contribution in [0, 0.1) is 27.7 Å². The van der Waals surface area contributed by atoms with Crippen LogP contribution in [0.4, 0.5) is 0 Å². The molecule has 150 valence electrons. The first-order chi connectivity index (χ1) is 14.5. The molecule has 0 spiro atoms. The molecular weight excluding hydrogens is 400 g/mol. The van der Waals surface area contributed by atoms with E-state index < -0.39 is 0 Å². The molecule has 0 fully saturated rings. The zero-order valence-corrected chi connectivity index (χ0v) is 19.5. The second-order valence-corrected chi connectivity index (χ2v) is 10.4. The number of hydrogen-bond acceptors (Lipinski definition) is 2. The Morgan fingerprint density at radius 2 is 1.23 bits per heavy atom. The average Bonchev–Trinajstić information content (AvgIpc) is 3.34. The topological polar surface area (TPSA) is 0 Å². The van der Waals surface area contributed by atoms with Crippen molar-refractivity contribution in [2.75, 3.05) is 0 Å². The first-order valence-electron chi connectivity index (χ1n) is 10.2. The lowest BCUT2D eigenvalue weighted by molar-refractivity contribution is 1.39. The van der Waals surface area contributed by atoms with E-state index in [2.05, 4.69) is 113 Å². The van der Waals surface area contributed by atoms with Crippen LogP contribution in [0.15, 0.2) is 60.7 Å². The first-order valence-corrected chi connectivity index (χ1v) is 11.8. The van der Waals surface area contributed by atoms with Crippen LogP contribution in [-0.4, -0.2) is 0 Å². The molecule has 4 rings (SSSR count). The maximum absolute atomic E-state index is 2.32. The number of aryl methyl sites for hydroxylation is 4. The zero-order valence-electron chi connectivity index (χ0n) is 17.9. The van der Waals surface area contributed by atoms with Gasteiger partial charge in [0.15, 0.2) is 0 Å². The van der Waals surface area contributed by atoms with Gasteiger partial charge in [0.2, 0.25) is 0 Å². The molecule has 0 amide bonds. The van der Waals surface area contributed by atoms with Gasteiger partial charge in [-0.15, -0.1) is 22.7 Å². The van der Waals surface area contributed by atoms with Gasteiger partial charge in [-0.1, -0.05) is 48.0 Å². The number of hydrogen-bond donors (Lipinski definition) is 0. The molecule has 0 bridgehead atoms. The third-order valence-electron chi connectivity index (χ3n) is 5.15. The second-order valence-electron chi connectivity index (χ2n) is 7.73. The van der Waals surface area contributed by atoms with Crippen molar-refractivity contribution < 1.29 is 0 Å².